The fourth-order valence-electron chi connectivity index (χ4n) is 4.66. The largest absolute Gasteiger partial charge is 0.391 e. The van der Waals surface area contributed by atoms with Gasteiger partial charge in [0.15, 0.2) is 0 Å². The first-order chi connectivity index (χ1) is 16.4. The maximum atomic E-state index is 15.2. The monoisotopic (exact) mass is 466 g/mol. The molecule has 0 spiro atoms. The average Bonchev–Trinajstić information content (AvgIpc) is 2.83. The Balaban J connectivity index is 1.47. The first-order valence-electron chi connectivity index (χ1n) is 12.2. The molecule has 34 heavy (non-hydrogen) atoms. The Kier molecular flexibility index (Phi) is 8.08. The van der Waals surface area contributed by atoms with Gasteiger partial charge >= 0.3 is 0 Å². The summed E-state index contributed by atoms with van der Waals surface area (Å²) in [4.78, 5) is 21.7. The second kappa shape index (κ2) is 11.2. The number of nitrogens with zero attached hydrogens (tertiary/aromatic N) is 3. The summed E-state index contributed by atoms with van der Waals surface area (Å²) in [5.41, 5.74) is 3.42. The van der Waals surface area contributed by atoms with E-state index in [-0.39, 0.29) is 17.8 Å². The van der Waals surface area contributed by atoms with E-state index in [4.69, 9.17) is 0 Å². The number of carbonyl (C=O) groups excluding carboxylic acids is 1. The van der Waals surface area contributed by atoms with E-state index in [2.05, 4.69) is 27.1 Å². The Morgan fingerprint density at radius 3 is 2.68 bits per heavy atom. The lowest BCUT2D eigenvalue weighted by Gasteiger charge is -2.32. The topological polar surface area (TPSA) is 68.7 Å². The van der Waals surface area contributed by atoms with E-state index in [0.717, 1.165) is 63.1 Å². The number of halogens is 1. The number of nitrogens with one attached hydrogen (secondary N) is 1. The van der Waals surface area contributed by atoms with E-state index in [1.165, 1.54) is 12.3 Å². The van der Waals surface area contributed by atoms with Crippen LogP contribution < -0.4 is 5.32 Å². The van der Waals surface area contributed by atoms with Crippen molar-refractivity contribution >= 4 is 17.8 Å². The number of aryl methyl sites for hydroxylation is 1. The predicted octanol–water partition coefficient (Wildman–Crippen LogP) is 3.64. The highest BCUT2D eigenvalue weighted by Gasteiger charge is 2.25. The molecule has 0 radical (unpaired) electrons. The lowest BCUT2D eigenvalue weighted by Crippen LogP contribution is -2.45. The van der Waals surface area contributed by atoms with E-state index < -0.39 is 6.10 Å². The molecule has 0 unspecified atom stereocenters. The number of aliphatic hydroxyl groups excluding tert-OH is 1. The molecule has 2 heterocycles. The third-order valence-corrected chi connectivity index (χ3v) is 6.94. The number of rotatable bonds is 6. The smallest absolute Gasteiger partial charge is 0.251 e. The van der Waals surface area contributed by atoms with Gasteiger partial charge in [-0.25, -0.2) is 4.39 Å². The van der Waals surface area contributed by atoms with Gasteiger partial charge in [-0.3, -0.25) is 14.7 Å². The highest BCUT2D eigenvalue weighted by atomic mass is 19.1. The van der Waals surface area contributed by atoms with Crippen LogP contribution in [-0.2, 0) is 6.54 Å². The van der Waals surface area contributed by atoms with Crippen molar-refractivity contribution in [2.24, 2.45) is 0 Å². The molecule has 1 saturated heterocycles. The molecule has 1 aromatic carbocycles. The van der Waals surface area contributed by atoms with Gasteiger partial charge in [-0.15, -0.1) is 0 Å². The maximum absolute atomic E-state index is 15.2. The van der Waals surface area contributed by atoms with Crippen molar-refractivity contribution in [1.29, 1.82) is 0 Å². The number of aliphatic hydroxyl groups is 1. The molecule has 6 nitrogen and oxygen atoms in total. The fourth-order valence-corrected chi connectivity index (χ4v) is 4.66. The van der Waals surface area contributed by atoms with Crippen LogP contribution in [-0.4, -0.2) is 71.2 Å². The van der Waals surface area contributed by atoms with Gasteiger partial charge in [-0.05, 0) is 67.8 Å². The number of hydrogen-bond acceptors (Lipinski definition) is 5. The van der Waals surface area contributed by atoms with Gasteiger partial charge in [0, 0.05) is 56.2 Å². The number of amides is 1. The summed E-state index contributed by atoms with van der Waals surface area (Å²) in [7, 11) is 2.12. The standard InChI is InChI=1S/C27H35FN4O2/c1-19-7-8-21(27(34)30-25-5-3-4-6-26(25)33)14-22(19)15-24(28)23-13-20(16-29-17-23)18-32-11-9-31(2)10-12-32/h7-8,13-17,25-26,33H,3-6,9-12,18H2,1-2H3,(H,30,34)/b24-15-/t25-,26-/m0/s1. The highest BCUT2D eigenvalue weighted by Crippen LogP contribution is 2.24. The van der Waals surface area contributed by atoms with Crippen LogP contribution >= 0.6 is 0 Å². The minimum Gasteiger partial charge on any atom is -0.391 e. The minimum absolute atomic E-state index is 0.229. The van der Waals surface area contributed by atoms with Crippen LogP contribution in [0, 0.1) is 6.92 Å². The lowest BCUT2D eigenvalue weighted by atomic mass is 9.92. The number of aromatic nitrogens is 1. The van der Waals surface area contributed by atoms with Crippen molar-refractivity contribution in [2.75, 3.05) is 33.2 Å². The third kappa shape index (κ3) is 6.29. The fraction of sp³-hybridized carbons (Fsp3) is 0.481. The van der Waals surface area contributed by atoms with Crippen molar-refractivity contribution in [3.63, 3.8) is 0 Å². The molecular formula is C27H35FN4O2. The van der Waals surface area contributed by atoms with E-state index in [1.54, 1.807) is 18.3 Å². The van der Waals surface area contributed by atoms with Gasteiger partial charge in [-0.2, -0.15) is 0 Å². The van der Waals surface area contributed by atoms with Gasteiger partial charge in [-0.1, -0.05) is 18.9 Å². The molecular weight excluding hydrogens is 431 g/mol. The zero-order valence-electron chi connectivity index (χ0n) is 20.1. The molecule has 2 atom stereocenters. The van der Waals surface area contributed by atoms with Crippen LogP contribution in [0.2, 0.25) is 0 Å². The van der Waals surface area contributed by atoms with E-state index in [1.807, 2.05) is 19.1 Å². The Hall–Kier alpha value is -2.61. The minimum atomic E-state index is -0.509. The number of hydrogen-bond donors (Lipinski definition) is 2. The Morgan fingerprint density at radius 2 is 1.91 bits per heavy atom. The SMILES string of the molecule is Cc1ccc(C(=O)N[C@H]2CCCC[C@@H]2O)cc1/C=C(\F)c1cncc(CN2CCN(C)CC2)c1. The second-order valence-electron chi connectivity index (χ2n) is 9.66. The zero-order valence-corrected chi connectivity index (χ0v) is 20.1. The Labute approximate surface area is 201 Å². The zero-order chi connectivity index (χ0) is 24.1. The predicted molar refractivity (Wildman–Crippen MR) is 133 cm³/mol. The molecule has 2 fully saturated rings. The van der Waals surface area contributed by atoms with Crippen molar-refractivity contribution in [2.45, 2.75) is 51.3 Å². The molecule has 0 bridgehead atoms. The molecule has 2 aliphatic rings. The number of pyridine rings is 1. The average molecular weight is 467 g/mol. The summed E-state index contributed by atoms with van der Waals surface area (Å²) in [6.45, 7) is 6.70. The van der Waals surface area contributed by atoms with Crippen LogP contribution in [0.3, 0.4) is 0 Å². The summed E-state index contributed by atoms with van der Waals surface area (Å²) >= 11 is 0. The van der Waals surface area contributed by atoms with Crippen LogP contribution in [0.5, 0.6) is 0 Å². The summed E-state index contributed by atoms with van der Waals surface area (Å²) in [5.74, 6) is -0.618. The summed E-state index contributed by atoms with van der Waals surface area (Å²) < 4.78 is 15.2. The van der Waals surface area contributed by atoms with E-state index >= 15 is 4.39 Å². The molecule has 1 aliphatic carbocycles. The number of likely N-dealkylation sites (N-methyl/N-ethyl adjacent to an activating group) is 1. The van der Waals surface area contributed by atoms with Gasteiger partial charge in [0.1, 0.15) is 5.83 Å². The van der Waals surface area contributed by atoms with Crippen molar-refractivity contribution < 1.29 is 14.3 Å². The van der Waals surface area contributed by atoms with Gasteiger partial charge < -0.3 is 15.3 Å². The molecule has 2 N–H and O–H groups in total. The molecule has 4 rings (SSSR count). The van der Waals surface area contributed by atoms with E-state index in [9.17, 15) is 9.90 Å². The number of carbonyl (C=O) groups is 1. The first-order valence-corrected chi connectivity index (χ1v) is 12.2. The molecule has 1 aliphatic heterocycles. The van der Waals surface area contributed by atoms with Crippen LogP contribution in [0.25, 0.3) is 11.9 Å². The van der Waals surface area contributed by atoms with Crippen molar-refractivity contribution in [3.05, 3.63) is 64.5 Å². The number of benzene rings is 1. The summed E-state index contributed by atoms with van der Waals surface area (Å²) in [5, 5.41) is 13.1. The second-order valence-corrected chi connectivity index (χ2v) is 9.66. The molecule has 182 valence electrons. The van der Waals surface area contributed by atoms with Gasteiger partial charge in [0.05, 0.1) is 12.1 Å². The van der Waals surface area contributed by atoms with Gasteiger partial charge in [0.25, 0.3) is 5.91 Å². The van der Waals surface area contributed by atoms with Crippen LogP contribution in [0.15, 0.2) is 36.7 Å². The number of piperazine rings is 1. The molecule has 1 saturated carbocycles. The quantitative estimate of drug-likeness (QED) is 0.680. The third-order valence-electron chi connectivity index (χ3n) is 6.94. The maximum Gasteiger partial charge on any atom is 0.251 e. The summed E-state index contributed by atoms with van der Waals surface area (Å²) in [6, 6.07) is 6.90. The Morgan fingerprint density at radius 1 is 1.15 bits per heavy atom. The van der Waals surface area contributed by atoms with Crippen LogP contribution in [0.1, 0.15) is 58.3 Å². The molecule has 1 amide bonds. The highest BCUT2D eigenvalue weighted by molar-refractivity contribution is 5.95. The van der Waals surface area contributed by atoms with Crippen molar-refractivity contribution in [3.8, 4) is 0 Å². The van der Waals surface area contributed by atoms with Crippen molar-refractivity contribution in [1.82, 2.24) is 20.1 Å². The van der Waals surface area contributed by atoms with Gasteiger partial charge in [0.2, 0.25) is 0 Å². The summed E-state index contributed by atoms with van der Waals surface area (Å²) in [6.07, 6.45) is 7.76. The molecule has 1 aromatic heterocycles. The first kappa shape index (κ1) is 24.5. The van der Waals surface area contributed by atoms with Crippen LogP contribution in [0.4, 0.5) is 4.39 Å². The molecule has 2 aromatic rings. The molecule has 7 heteroatoms. The Bertz CT molecular complexity index is 1030. The van der Waals surface area contributed by atoms with E-state index in [0.29, 0.717) is 23.1 Å². The lowest BCUT2D eigenvalue weighted by molar-refractivity contribution is 0.0717. The normalized spacial score (nSPS) is 22.5.